The molecule has 1 N–H and O–H groups in total. The van der Waals surface area contributed by atoms with Gasteiger partial charge in [0.1, 0.15) is 11.9 Å². The van der Waals surface area contributed by atoms with E-state index in [-0.39, 0.29) is 5.56 Å². The molecule has 17 heavy (non-hydrogen) atoms. The largest absolute Gasteiger partial charge is 0.383 e. The van der Waals surface area contributed by atoms with Crippen LogP contribution in [0.25, 0.3) is 0 Å². The van der Waals surface area contributed by atoms with Crippen molar-refractivity contribution in [3.05, 3.63) is 54.3 Å². The van der Waals surface area contributed by atoms with Gasteiger partial charge in [0.2, 0.25) is 0 Å². The van der Waals surface area contributed by atoms with Crippen molar-refractivity contribution >= 4 is 43.2 Å². The highest BCUT2D eigenvalue weighted by molar-refractivity contribution is 9.10. The zero-order chi connectivity index (χ0) is 12.6. The van der Waals surface area contributed by atoms with E-state index >= 15 is 0 Å². The first kappa shape index (κ1) is 13.2. The Balaban J connectivity index is 2.51. The van der Waals surface area contributed by atoms with Crippen molar-refractivity contribution in [1.29, 1.82) is 0 Å². The molecule has 0 radical (unpaired) electrons. The van der Waals surface area contributed by atoms with Gasteiger partial charge in [-0.15, -0.1) is 11.3 Å². The molecule has 0 saturated heterocycles. The first-order chi connectivity index (χ1) is 8.00. The number of benzene rings is 1. The lowest BCUT2D eigenvalue weighted by atomic mass is 10.1. The molecular formula is C12H9Br2FOS. The number of aliphatic hydroxyl groups excluding tert-OH is 1. The van der Waals surface area contributed by atoms with Crippen LogP contribution in [0.2, 0.25) is 0 Å². The highest BCUT2D eigenvalue weighted by atomic mass is 79.9. The van der Waals surface area contributed by atoms with Gasteiger partial charge in [0.25, 0.3) is 0 Å². The molecule has 1 heterocycles. The molecule has 5 heteroatoms. The Bertz CT molecular complexity index is 533. The maximum Gasteiger partial charge on any atom is 0.130 e. The van der Waals surface area contributed by atoms with Gasteiger partial charge in [0.05, 0.1) is 4.88 Å². The van der Waals surface area contributed by atoms with E-state index in [4.69, 9.17) is 0 Å². The van der Waals surface area contributed by atoms with Gasteiger partial charge in [-0.05, 0) is 41.1 Å². The molecule has 1 atom stereocenters. The molecule has 1 aromatic heterocycles. The fourth-order valence-corrected chi connectivity index (χ4v) is 4.01. The van der Waals surface area contributed by atoms with Crippen LogP contribution in [0.3, 0.4) is 0 Å². The number of aryl methyl sites for hydroxylation is 1. The molecule has 0 amide bonds. The van der Waals surface area contributed by atoms with Crippen LogP contribution < -0.4 is 0 Å². The summed E-state index contributed by atoms with van der Waals surface area (Å²) in [5.74, 6) is -0.412. The summed E-state index contributed by atoms with van der Waals surface area (Å²) in [6.07, 6.45) is -0.960. The molecule has 0 aliphatic heterocycles. The molecule has 0 aliphatic rings. The van der Waals surface area contributed by atoms with Gasteiger partial charge in [-0.3, -0.25) is 0 Å². The van der Waals surface area contributed by atoms with Gasteiger partial charge >= 0.3 is 0 Å². The molecule has 2 aromatic rings. The highest BCUT2D eigenvalue weighted by Crippen LogP contribution is 2.38. The molecule has 1 aromatic carbocycles. The van der Waals surface area contributed by atoms with Gasteiger partial charge in [0.15, 0.2) is 0 Å². The van der Waals surface area contributed by atoms with Crippen LogP contribution in [0.15, 0.2) is 33.2 Å². The smallest absolute Gasteiger partial charge is 0.130 e. The molecule has 1 unspecified atom stereocenters. The van der Waals surface area contributed by atoms with Crippen molar-refractivity contribution in [2.75, 3.05) is 0 Å². The Kier molecular flexibility index (Phi) is 4.02. The minimum absolute atomic E-state index is 0.273. The van der Waals surface area contributed by atoms with Crippen LogP contribution in [0.4, 0.5) is 4.39 Å². The van der Waals surface area contributed by atoms with E-state index in [9.17, 15) is 9.50 Å². The van der Waals surface area contributed by atoms with Crippen molar-refractivity contribution in [3.8, 4) is 0 Å². The quantitative estimate of drug-likeness (QED) is 0.794. The number of thiophene rings is 1. The fraction of sp³-hybridized carbons (Fsp3) is 0.167. The van der Waals surface area contributed by atoms with Crippen LogP contribution in [0.5, 0.6) is 0 Å². The first-order valence-electron chi connectivity index (χ1n) is 4.88. The van der Waals surface area contributed by atoms with Crippen molar-refractivity contribution < 1.29 is 9.50 Å². The van der Waals surface area contributed by atoms with Gasteiger partial charge in [-0.2, -0.15) is 0 Å². The monoisotopic (exact) mass is 378 g/mol. The van der Waals surface area contributed by atoms with E-state index in [2.05, 4.69) is 31.9 Å². The van der Waals surface area contributed by atoms with Crippen molar-refractivity contribution in [1.82, 2.24) is 0 Å². The second-order valence-electron chi connectivity index (χ2n) is 3.61. The Morgan fingerprint density at radius 2 is 2.00 bits per heavy atom. The minimum Gasteiger partial charge on any atom is -0.383 e. The molecule has 2 rings (SSSR count). The first-order valence-corrected chi connectivity index (χ1v) is 7.28. The van der Waals surface area contributed by atoms with Crippen molar-refractivity contribution in [2.45, 2.75) is 13.0 Å². The molecule has 1 nitrogen and oxygen atoms in total. The second-order valence-corrected chi connectivity index (χ2v) is 6.60. The van der Waals surface area contributed by atoms with E-state index in [1.807, 2.05) is 13.0 Å². The lowest BCUT2D eigenvalue weighted by molar-refractivity contribution is 0.217. The summed E-state index contributed by atoms with van der Waals surface area (Å²) >= 11 is 8.09. The fourth-order valence-electron chi connectivity index (χ4n) is 1.59. The third-order valence-corrected chi connectivity index (χ3v) is 5.07. The second kappa shape index (κ2) is 5.18. The van der Waals surface area contributed by atoms with Crippen LogP contribution in [-0.4, -0.2) is 5.11 Å². The lowest BCUT2D eigenvalue weighted by Gasteiger charge is -2.12. The van der Waals surface area contributed by atoms with Gasteiger partial charge < -0.3 is 5.11 Å². The molecule has 0 aliphatic carbocycles. The maximum absolute atomic E-state index is 13.7. The van der Waals surface area contributed by atoms with E-state index in [1.165, 1.54) is 17.4 Å². The third-order valence-electron chi connectivity index (χ3n) is 2.36. The number of aliphatic hydroxyl groups is 1. The standard InChI is InChI=1S/C12H9Br2FOS/c1-6-5-8(14)12(17-6)11(16)10-7(13)3-2-4-9(10)15/h2-5,11,16H,1H3. The highest BCUT2D eigenvalue weighted by Gasteiger charge is 2.21. The Hall–Kier alpha value is -0.230. The summed E-state index contributed by atoms with van der Waals surface area (Å²) < 4.78 is 15.1. The average Bonchev–Trinajstić information content (AvgIpc) is 2.57. The topological polar surface area (TPSA) is 20.2 Å². The number of rotatable bonds is 2. The Morgan fingerprint density at radius 3 is 2.53 bits per heavy atom. The van der Waals surface area contributed by atoms with Gasteiger partial charge in [-0.25, -0.2) is 4.39 Å². The molecule has 0 fully saturated rings. The third kappa shape index (κ3) is 2.62. The predicted octanol–water partition coefficient (Wildman–Crippen LogP) is 4.80. The molecule has 0 bridgehead atoms. The zero-order valence-electron chi connectivity index (χ0n) is 8.88. The van der Waals surface area contributed by atoms with E-state index in [0.29, 0.717) is 9.35 Å². The predicted molar refractivity (Wildman–Crippen MR) is 74.9 cm³/mol. The van der Waals surface area contributed by atoms with E-state index in [0.717, 1.165) is 9.35 Å². The van der Waals surface area contributed by atoms with Crippen LogP contribution in [0, 0.1) is 12.7 Å². The summed E-state index contributed by atoms with van der Waals surface area (Å²) in [6, 6.07) is 6.58. The summed E-state index contributed by atoms with van der Waals surface area (Å²) in [6.45, 7) is 1.95. The minimum atomic E-state index is -0.960. The molecular weight excluding hydrogens is 371 g/mol. The van der Waals surface area contributed by atoms with Crippen molar-refractivity contribution in [2.24, 2.45) is 0 Å². The maximum atomic E-state index is 13.7. The number of hydrogen-bond donors (Lipinski definition) is 1. The van der Waals surface area contributed by atoms with Crippen molar-refractivity contribution in [3.63, 3.8) is 0 Å². The zero-order valence-corrected chi connectivity index (χ0v) is 12.9. The SMILES string of the molecule is Cc1cc(Br)c(C(O)c2c(F)cccc2Br)s1. The Morgan fingerprint density at radius 1 is 1.29 bits per heavy atom. The van der Waals surface area contributed by atoms with E-state index in [1.54, 1.807) is 12.1 Å². The van der Waals surface area contributed by atoms with Crippen LogP contribution >= 0.6 is 43.2 Å². The van der Waals surface area contributed by atoms with E-state index < -0.39 is 11.9 Å². The van der Waals surface area contributed by atoms with Crippen LogP contribution in [0.1, 0.15) is 21.4 Å². The van der Waals surface area contributed by atoms with Gasteiger partial charge in [-0.1, -0.05) is 22.0 Å². The Labute approximate surface area is 120 Å². The normalized spacial score (nSPS) is 12.8. The summed E-state index contributed by atoms with van der Waals surface area (Å²) in [7, 11) is 0. The van der Waals surface area contributed by atoms with Gasteiger partial charge in [0, 0.05) is 19.4 Å². The summed E-state index contributed by atoms with van der Waals surface area (Å²) in [4.78, 5) is 1.78. The van der Waals surface area contributed by atoms with Crippen LogP contribution in [-0.2, 0) is 0 Å². The average molecular weight is 380 g/mol. The number of halogens is 3. The molecule has 0 spiro atoms. The number of hydrogen-bond acceptors (Lipinski definition) is 2. The molecule has 90 valence electrons. The summed E-state index contributed by atoms with van der Waals surface area (Å²) in [5.41, 5.74) is 0.273. The molecule has 0 saturated carbocycles. The lowest BCUT2D eigenvalue weighted by Crippen LogP contribution is -2.02. The summed E-state index contributed by atoms with van der Waals surface area (Å²) in [5, 5.41) is 10.3.